The number of carbonyl (C=O) groups is 1. The van der Waals surface area contributed by atoms with Crippen LogP contribution in [-0.2, 0) is 9.45 Å². The van der Waals surface area contributed by atoms with Gasteiger partial charge in [-0.3, -0.25) is 4.79 Å². The van der Waals surface area contributed by atoms with Crippen molar-refractivity contribution in [2.45, 2.75) is 51.5 Å². The number of rotatable bonds is 8. The van der Waals surface area contributed by atoms with E-state index >= 15 is 0 Å². The Kier molecular flexibility index (Phi) is 12.8. The molecule has 0 bridgehead atoms. The predicted octanol–water partition coefficient (Wildman–Crippen LogP) is 2.41. The summed E-state index contributed by atoms with van der Waals surface area (Å²) in [5, 5.41) is 3.39. The highest BCUT2D eigenvalue weighted by molar-refractivity contribution is 6.05. The number of hydrogen-bond donors (Lipinski definition) is 1. The summed E-state index contributed by atoms with van der Waals surface area (Å²) < 4.78 is 4.32. The first kappa shape index (κ1) is 19.4. The average Bonchev–Trinajstić information content (AvgIpc) is 3.06. The summed E-state index contributed by atoms with van der Waals surface area (Å²) in [6, 6.07) is 0.700. The normalized spacial score (nSPS) is 15.4. The molecule has 1 atom stereocenters. The fourth-order valence-corrected chi connectivity index (χ4v) is 1.68. The smallest absolute Gasteiger partial charge is 0.378 e. The number of unbranched alkanes of at least 4 members (excludes halogenated alkanes) is 1. The lowest BCUT2D eigenvalue weighted by Crippen LogP contribution is -2.24. The highest BCUT2D eigenvalue weighted by Crippen LogP contribution is 2.19. The van der Waals surface area contributed by atoms with Gasteiger partial charge in [-0.25, -0.2) is 0 Å². The molecule has 1 fully saturated rings. The van der Waals surface area contributed by atoms with E-state index in [0.29, 0.717) is 6.04 Å². The van der Waals surface area contributed by atoms with Crippen molar-refractivity contribution in [2.75, 3.05) is 6.54 Å². The molecular weight excluding hydrogens is 260 g/mol. The SMILES string of the molecule is Cl.Cl.[B]OC(=O)C(CCCC)CCNC1CC1. The lowest BCUT2D eigenvalue weighted by atomic mass is 9.98. The van der Waals surface area contributed by atoms with E-state index < -0.39 is 0 Å². The monoisotopic (exact) mass is 281 g/mol. The van der Waals surface area contributed by atoms with Crippen LogP contribution in [0.3, 0.4) is 0 Å². The largest absolute Gasteiger partial charge is 0.543 e. The molecule has 0 heterocycles. The second-order valence-corrected chi connectivity index (χ2v) is 4.29. The molecule has 0 aromatic carbocycles. The molecule has 3 nitrogen and oxygen atoms in total. The standard InChI is InChI=1S/C11H20BNO2.2ClH/c1-2-3-4-9(11(14)15-12)7-8-13-10-5-6-10;;/h9-10,13H,2-8H2,1H3;2*1H. The van der Waals surface area contributed by atoms with E-state index in [1.54, 1.807) is 0 Å². The van der Waals surface area contributed by atoms with E-state index in [2.05, 4.69) is 16.9 Å². The molecule has 1 aliphatic rings. The molecule has 1 saturated carbocycles. The van der Waals surface area contributed by atoms with Crippen LogP contribution in [-0.4, -0.2) is 26.6 Å². The van der Waals surface area contributed by atoms with Crippen molar-refractivity contribution in [2.24, 2.45) is 5.92 Å². The van der Waals surface area contributed by atoms with Gasteiger partial charge in [-0.05, 0) is 32.2 Å². The van der Waals surface area contributed by atoms with Gasteiger partial charge in [0.25, 0.3) is 5.97 Å². The molecule has 6 heteroatoms. The Bertz CT molecular complexity index is 204. The van der Waals surface area contributed by atoms with Gasteiger partial charge in [-0.1, -0.05) is 19.8 Å². The zero-order chi connectivity index (χ0) is 11.1. The molecule has 1 rings (SSSR count). The van der Waals surface area contributed by atoms with Crippen LogP contribution in [0.15, 0.2) is 0 Å². The van der Waals surface area contributed by atoms with E-state index in [0.717, 1.165) is 32.2 Å². The molecule has 0 amide bonds. The van der Waals surface area contributed by atoms with E-state index in [1.165, 1.54) is 12.8 Å². The molecule has 0 saturated heterocycles. The average molecular weight is 282 g/mol. The minimum Gasteiger partial charge on any atom is -0.543 e. The summed E-state index contributed by atoms with van der Waals surface area (Å²) >= 11 is 0. The second-order valence-electron chi connectivity index (χ2n) is 4.29. The van der Waals surface area contributed by atoms with Gasteiger partial charge < -0.3 is 9.97 Å². The third-order valence-corrected chi connectivity index (χ3v) is 2.86. The molecule has 0 aromatic rings. The topological polar surface area (TPSA) is 38.3 Å². The van der Waals surface area contributed by atoms with E-state index in [4.69, 9.17) is 8.05 Å². The van der Waals surface area contributed by atoms with Crippen molar-refractivity contribution in [3.63, 3.8) is 0 Å². The first-order valence-corrected chi connectivity index (χ1v) is 5.91. The van der Waals surface area contributed by atoms with Gasteiger partial charge >= 0.3 is 8.05 Å². The molecule has 2 radical (unpaired) electrons. The van der Waals surface area contributed by atoms with Gasteiger partial charge in [0, 0.05) is 6.04 Å². The summed E-state index contributed by atoms with van der Waals surface area (Å²) in [7, 11) is 4.92. The predicted molar refractivity (Wildman–Crippen MR) is 75.0 cm³/mol. The Morgan fingerprint density at radius 1 is 1.41 bits per heavy atom. The Labute approximate surface area is 118 Å². The third-order valence-electron chi connectivity index (χ3n) is 2.86. The summed E-state index contributed by atoms with van der Waals surface area (Å²) in [5.74, 6) is -0.290. The number of carbonyl (C=O) groups excluding carboxylic acids is 1. The lowest BCUT2D eigenvalue weighted by molar-refractivity contribution is -0.139. The molecular formula is C11H22BCl2NO2. The van der Waals surface area contributed by atoms with Crippen LogP contribution < -0.4 is 5.32 Å². The molecule has 1 N–H and O–H groups in total. The van der Waals surface area contributed by atoms with Gasteiger partial charge in [0.1, 0.15) is 0 Å². The fourth-order valence-electron chi connectivity index (χ4n) is 1.68. The van der Waals surface area contributed by atoms with Crippen molar-refractivity contribution in [1.82, 2.24) is 5.32 Å². The van der Waals surface area contributed by atoms with Crippen LogP contribution in [0.4, 0.5) is 0 Å². The molecule has 1 aliphatic carbocycles. The quantitative estimate of drug-likeness (QED) is 0.695. The van der Waals surface area contributed by atoms with Crippen molar-refractivity contribution < 1.29 is 9.45 Å². The summed E-state index contributed by atoms with van der Waals surface area (Å²) in [4.78, 5) is 11.3. The van der Waals surface area contributed by atoms with Crippen molar-refractivity contribution >= 4 is 38.8 Å². The van der Waals surface area contributed by atoms with Crippen molar-refractivity contribution in [3.8, 4) is 0 Å². The first-order valence-electron chi connectivity index (χ1n) is 5.91. The van der Waals surface area contributed by atoms with E-state index in [9.17, 15) is 4.79 Å². The van der Waals surface area contributed by atoms with Gasteiger partial charge in [-0.2, -0.15) is 0 Å². The minimum atomic E-state index is -0.263. The van der Waals surface area contributed by atoms with Crippen LogP contribution >= 0.6 is 24.8 Å². The molecule has 0 aliphatic heterocycles. The Morgan fingerprint density at radius 3 is 2.53 bits per heavy atom. The molecule has 0 spiro atoms. The zero-order valence-electron chi connectivity index (χ0n) is 10.3. The van der Waals surface area contributed by atoms with Crippen LogP contribution in [0.2, 0.25) is 0 Å². The van der Waals surface area contributed by atoms with Crippen LogP contribution in [0.25, 0.3) is 0 Å². The third kappa shape index (κ3) is 8.75. The van der Waals surface area contributed by atoms with Gasteiger partial charge in [-0.15, -0.1) is 24.8 Å². The van der Waals surface area contributed by atoms with Gasteiger partial charge in [0.15, 0.2) is 0 Å². The zero-order valence-corrected chi connectivity index (χ0v) is 11.9. The second kappa shape index (κ2) is 11.2. The minimum absolute atomic E-state index is 0. The fraction of sp³-hybridized carbons (Fsp3) is 0.909. The molecule has 17 heavy (non-hydrogen) atoms. The summed E-state index contributed by atoms with van der Waals surface area (Å²) in [6.45, 7) is 3.02. The Hall–Kier alpha value is 0.0749. The van der Waals surface area contributed by atoms with Crippen LogP contribution in [0.1, 0.15) is 45.4 Å². The van der Waals surface area contributed by atoms with Gasteiger partial charge in [0.2, 0.25) is 0 Å². The Morgan fingerprint density at radius 2 is 2.06 bits per heavy atom. The van der Waals surface area contributed by atoms with Crippen molar-refractivity contribution in [1.29, 1.82) is 0 Å². The molecule has 1 unspecified atom stereocenters. The first-order chi connectivity index (χ1) is 7.27. The number of hydrogen-bond acceptors (Lipinski definition) is 3. The Balaban J connectivity index is 0. The van der Waals surface area contributed by atoms with Crippen molar-refractivity contribution in [3.05, 3.63) is 0 Å². The highest BCUT2D eigenvalue weighted by Gasteiger charge is 2.22. The molecule has 0 aromatic heterocycles. The van der Waals surface area contributed by atoms with Crippen LogP contribution in [0.5, 0.6) is 0 Å². The van der Waals surface area contributed by atoms with E-state index in [1.807, 2.05) is 0 Å². The van der Waals surface area contributed by atoms with Gasteiger partial charge in [0.05, 0.1) is 5.92 Å². The van der Waals surface area contributed by atoms with Crippen LogP contribution in [0, 0.1) is 5.92 Å². The lowest BCUT2D eigenvalue weighted by Gasteiger charge is -2.14. The maximum absolute atomic E-state index is 11.3. The summed E-state index contributed by atoms with van der Waals surface area (Å²) in [5.41, 5.74) is 0. The number of nitrogens with one attached hydrogen (secondary N) is 1. The maximum Gasteiger partial charge on any atom is 0.378 e. The molecule has 100 valence electrons. The highest BCUT2D eigenvalue weighted by atomic mass is 35.5. The maximum atomic E-state index is 11.3. The number of halogens is 2. The van der Waals surface area contributed by atoms with E-state index in [-0.39, 0.29) is 36.7 Å². The summed E-state index contributed by atoms with van der Waals surface area (Å²) in [6.07, 6.45) is 6.45.